The summed E-state index contributed by atoms with van der Waals surface area (Å²) in [5.74, 6) is -0.0157. The average molecular weight is 344 g/mol. The van der Waals surface area contributed by atoms with E-state index in [1.165, 1.54) is 0 Å². The summed E-state index contributed by atoms with van der Waals surface area (Å²) in [4.78, 5) is 26.6. The Balaban J connectivity index is 1.53. The minimum Gasteiger partial charge on any atom is -0.360 e. The molecular formula is C20H28N2O3. The molecule has 0 spiro atoms. The van der Waals surface area contributed by atoms with Gasteiger partial charge in [-0.25, -0.2) is 0 Å². The zero-order valence-corrected chi connectivity index (χ0v) is 14.8. The van der Waals surface area contributed by atoms with E-state index in [-0.39, 0.29) is 17.9 Å². The quantitative estimate of drug-likeness (QED) is 0.827. The van der Waals surface area contributed by atoms with Crippen molar-refractivity contribution < 1.29 is 14.3 Å². The summed E-state index contributed by atoms with van der Waals surface area (Å²) in [5.41, 5.74) is 0.873. The number of rotatable bonds is 7. The normalized spacial score (nSPS) is 19.1. The topological polar surface area (TPSA) is 58.6 Å². The standard InChI is InChI=1S/C20H28N2O3/c23-18(22-14-6-7-15-22)12-13-21-20(24)19(16-8-2-1-3-9-16)25-17-10-4-5-11-17/h1-3,8-9,17,19H,4-7,10-15H2,(H,21,24). The largest absolute Gasteiger partial charge is 0.360 e. The van der Waals surface area contributed by atoms with Crippen LogP contribution in [0, 0.1) is 0 Å². The summed E-state index contributed by atoms with van der Waals surface area (Å²) < 4.78 is 6.11. The van der Waals surface area contributed by atoms with Crippen LogP contribution in [0.2, 0.25) is 0 Å². The SMILES string of the molecule is O=C(NCCC(=O)N1CCCC1)C(OC1CCCC1)c1ccccc1. The minimum absolute atomic E-state index is 0.130. The van der Waals surface area contributed by atoms with Crippen LogP contribution in [0.15, 0.2) is 30.3 Å². The van der Waals surface area contributed by atoms with Gasteiger partial charge >= 0.3 is 0 Å². The van der Waals surface area contributed by atoms with E-state index in [1.807, 2.05) is 35.2 Å². The van der Waals surface area contributed by atoms with Gasteiger partial charge in [0.15, 0.2) is 6.10 Å². The number of hydrogen-bond donors (Lipinski definition) is 1. The number of likely N-dealkylation sites (tertiary alicyclic amines) is 1. The molecular weight excluding hydrogens is 316 g/mol. The summed E-state index contributed by atoms with van der Waals surface area (Å²) in [6.07, 6.45) is 6.46. The number of benzene rings is 1. The highest BCUT2D eigenvalue weighted by atomic mass is 16.5. The van der Waals surface area contributed by atoms with E-state index in [9.17, 15) is 9.59 Å². The number of nitrogens with zero attached hydrogens (tertiary/aromatic N) is 1. The Hall–Kier alpha value is -1.88. The van der Waals surface area contributed by atoms with Gasteiger partial charge in [-0.05, 0) is 31.2 Å². The van der Waals surface area contributed by atoms with Gasteiger partial charge in [0.2, 0.25) is 5.91 Å². The van der Waals surface area contributed by atoms with Gasteiger partial charge in [-0.15, -0.1) is 0 Å². The fourth-order valence-electron chi connectivity index (χ4n) is 3.65. The molecule has 1 unspecified atom stereocenters. The summed E-state index contributed by atoms with van der Waals surface area (Å²) >= 11 is 0. The van der Waals surface area contributed by atoms with Gasteiger partial charge in [0.1, 0.15) is 0 Å². The van der Waals surface area contributed by atoms with Crippen molar-refractivity contribution in [3.8, 4) is 0 Å². The molecule has 5 heteroatoms. The van der Waals surface area contributed by atoms with Crippen molar-refractivity contribution in [1.29, 1.82) is 0 Å². The predicted octanol–water partition coefficient (Wildman–Crippen LogP) is 2.82. The third kappa shape index (κ3) is 5.05. The van der Waals surface area contributed by atoms with E-state index in [0.717, 1.165) is 57.2 Å². The van der Waals surface area contributed by atoms with Gasteiger partial charge in [-0.3, -0.25) is 9.59 Å². The molecule has 1 saturated carbocycles. The van der Waals surface area contributed by atoms with E-state index in [4.69, 9.17) is 4.74 Å². The molecule has 1 aromatic rings. The van der Waals surface area contributed by atoms with Crippen LogP contribution in [0.3, 0.4) is 0 Å². The molecule has 2 aliphatic rings. The van der Waals surface area contributed by atoms with Crippen LogP contribution in [0.4, 0.5) is 0 Å². The lowest BCUT2D eigenvalue weighted by molar-refractivity contribution is -0.137. The number of amides is 2. The van der Waals surface area contributed by atoms with Gasteiger partial charge in [0.25, 0.3) is 5.91 Å². The predicted molar refractivity (Wildman–Crippen MR) is 96.0 cm³/mol. The van der Waals surface area contributed by atoms with Crippen molar-refractivity contribution in [2.75, 3.05) is 19.6 Å². The lowest BCUT2D eigenvalue weighted by atomic mass is 10.1. The maximum Gasteiger partial charge on any atom is 0.253 e. The number of nitrogens with one attached hydrogen (secondary N) is 1. The molecule has 0 aromatic heterocycles. The van der Waals surface area contributed by atoms with E-state index >= 15 is 0 Å². The maximum absolute atomic E-state index is 12.7. The van der Waals surface area contributed by atoms with Gasteiger partial charge in [-0.1, -0.05) is 43.2 Å². The Morgan fingerprint density at radius 3 is 2.44 bits per heavy atom. The number of hydrogen-bond acceptors (Lipinski definition) is 3. The van der Waals surface area contributed by atoms with Crippen molar-refractivity contribution in [1.82, 2.24) is 10.2 Å². The van der Waals surface area contributed by atoms with Crippen LogP contribution in [-0.2, 0) is 14.3 Å². The van der Waals surface area contributed by atoms with Crippen LogP contribution in [0.5, 0.6) is 0 Å². The zero-order valence-electron chi connectivity index (χ0n) is 14.8. The Kier molecular flexibility index (Phi) is 6.45. The molecule has 3 rings (SSSR count). The highest BCUT2D eigenvalue weighted by Crippen LogP contribution is 2.28. The Bertz CT molecular complexity index is 564. The van der Waals surface area contributed by atoms with Crippen LogP contribution in [0.1, 0.15) is 56.6 Å². The van der Waals surface area contributed by atoms with Gasteiger partial charge in [-0.2, -0.15) is 0 Å². The minimum atomic E-state index is -0.591. The fourth-order valence-corrected chi connectivity index (χ4v) is 3.65. The molecule has 25 heavy (non-hydrogen) atoms. The van der Waals surface area contributed by atoms with Crippen molar-refractivity contribution in [3.63, 3.8) is 0 Å². The van der Waals surface area contributed by atoms with Crippen LogP contribution in [0.25, 0.3) is 0 Å². The molecule has 2 fully saturated rings. The molecule has 1 aliphatic carbocycles. The monoisotopic (exact) mass is 344 g/mol. The van der Waals surface area contributed by atoms with Crippen molar-refractivity contribution >= 4 is 11.8 Å². The second-order valence-electron chi connectivity index (χ2n) is 6.96. The van der Waals surface area contributed by atoms with E-state index < -0.39 is 6.10 Å². The smallest absolute Gasteiger partial charge is 0.253 e. The molecule has 0 radical (unpaired) electrons. The van der Waals surface area contributed by atoms with Crippen LogP contribution in [-0.4, -0.2) is 42.5 Å². The Morgan fingerprint density at radius 2 is 1.76 bits per heavy atom. The first kappa shape index (κ1) is 17.9. The second-order valence-corrected chi connectivity index (χ2v) is 6.96. The molecule has 1 heterocycles. The van der Waals surface area contributed by atoms with E-state index in [0.29, 0.717) is 13.0 Å². The van der Waals surface area contributed by atoms with E-state index in [1.54, 1.807) is 0 Å². The van der Waals surface area contributed by atoms with Crippen LogP contribution < -0.4 is 5.32 Å². The van der Waals surface area contributed by atoms with Gasteiger partial charge < -0.3 is 15.0 Å². The first-order valence-corrected chi connectivity index (χ1v) is 9.50. The molecule has 1 N–H and O–H groups in total. The Morgan fingerprint density at radius 1 is 1.08 bits per heavy atom. The lowest BCUT2D eigenvalue weighted by Crippen LogP contribution is -2.36. The zero-order chi connectivity index (χ0) is 17.5. The third-order valence-corrected chi connectivity index (χ3v) is 5.07. The first-order valence-electron chi connectivity index (χ1n) is 9.50. The molecule has 1 saturated heterocycles. The average Bonchev–Trinajstić information content (AvgIpc) is 3.34. The van der Waals surface area contributed by atoms with Crippen molar-refractivity contribution in [2.45, 2.75) is 57.2 Å². The molecule has 2 amide bonds. The second kappa shape index (κ2) is 8.99. The maximum atomic E-state index is 12.7. The van der Waals surface area contributed by atoms with Gasteiger partial charge in [0.05, 0.1) is 6.10 Å². The summed E-state index contributed by atoms with van der Waals surface area (Å²) in [7, 11) is 0. The molecule has 1 atom stereocenters. The Labute approximate surface area is 149 Å². The molecule has 0 bridgehead atoms. The van der Waals surface area contributed by atoms with E-state index in [2.05, 4.69) is 5.32 Å². The molecule has 136 valence electrons. The van der Waals surface area contributed by atoms with Crippen LogP contribution >= 0.6 is 0 Å². The number of carbonyl (C=O) groups is 2. The first-order chi connectivity index (χ1) is 12.2. The summed E-state index contributed by atoms with van der Waals surface area (Å²) in [5, 5.41) is 2.90. The molecule has 1 aromatic carbocycles. The van der Waals surface area contributed by atoms with Gasteiger partial charge in [0, 0.05) is 26.1 Å². The highest BCUT2D eigenvalue weighted by molar-refractivity contribution is 5.83. The lowest BCUT2D eigenvalue weighted by Gasteiger charge is -2.22. The van der Waals surface area contributed by atoms with Crippen molar-refractivity contribution in [3.05, 3.63) is 35.9 Å². The number of ether oxygens (including phenoxy) is 1. The third-order valence-electron chi connectivity index (χ3n) is 5.07. The summed E-state index contributed by atoms with van der Waals surface area (Å²) in [6.45, 7) is 2.07. The fraction of sp³-hybridized carbons (Fsp3) is 0.600. The summed E-state index contributed by atoms with van der Waals surface area (Å²) in [6, 6.07) is 9.63. The molecule has 5 nitrogen and oxygen atoms in total. The highest BCUT2D eigenvalue weighted by Gasteiger charge is 2.27. The molecule has 1 aliphatic heterocycles. The number of carbonyl (C=O) groups excluding carboxylic acids is 2. The van der Waals surface area contributed by atoms with Crippen molar-refractivity contribution in [2.24, 2.45) is 0 Å².